The summed E-state index contributed by atoms with van der Waals surface area (Å²) < 4.78 is 24.0. The van der Waals surface area contributed by atoms with Gasteiger partial charge in [-0.15, -0.1) is 0 Å². The Morgan fingerprint density at radius 1 is 1.22 bits per heavy atom. The van der Waals surface area contributed by atoms with E-state index in [9.17, 15) is 8.42 Å². The van der Waals surface area contributed by atoms with Crippen molar-refractivity contribution in [1.82, 2.24) is 5.32 Å². The molecule has 1 saturated heterocycles. The van der Waals surface area contributed by atoms with Crippen molar-refractivity contribution in [2.45, 2.75) is 44.0 Å². The maximum Gasteiger partial charge on any atom is 0.175 e. The molecule has 1 fully saturated rings. The largest absolute Gasteiger partial charge is 0.308 e. The van der Waals surface area contributed by atoms with Gasteiger partial charge in [0.1, 0.15) is 0 Å². The molecule has 0 aromatic heterocycles. The number of nitrogens with one attached hydrogen (secondary N) is 1. The molecule has 4 heteroatoms. The molecular formula is C14H21NO2S. The molecular weight excluding hydrogens is 246 g/mol. The molecule has 1 unspecified atom stereocenters. The monoisotopic (exact) mass is 267 g/mol. The van der Waals surface area contributed by atoms with Gasteiger partial charge in [0.05, 0.1) is 4.90 Å². The van der Waals surface area contributed by atoms with E-state index in [0.717, 1.165) is 36.1 Å². The summed E-state index contributed by atoms with van der Waals surface area (Å²) in [6, 6.07) is 3.84. The number of hydrogen-bond donors (Lipinski definition) is 1. The molecule has 1 aromatic rings. The first-order valence-electron chi connectivity index (χ1n) is 6.31. The number of sulfone groups is 1. The number of hydrogen-bond acceptors (Lipinski definition) is 3. The van der Waals surface area contributed by atoms with Crippen molar-refractivity contribution < 1.29 is 8.42 Å². The lowest BCUT2D eigenvalue weighted by Gasteiger charge is -2.28. The van der Waals surface area contributed by atoms with Gasteiger partial charge in [0.25, 0.3) is 0 Å². The van der Waals surface area contributed by atoms with E-state index >= 15 is 0 Å². The van der Waals surface area contributed by atoms with Crippen molar-refractivity contribution in [2.75, 3.05) is 12.8 Å². The quantitative estimate of drug-likeness (QED) is 0.894. The van der Waals surface area contributed by atoms with Gasteiger partial charge in [-0.3, -0.25) is 0 Å². The molecule has 1 aliphatic rings. The summed E-state index contributed by atoms with van der Waals surface area (Å²) in [5, 5.41) is 3.44. The summed E-state index contributed by atoms with van der Waals surface area (Å²) in [4.78, 5) is 0.475. The SMILES string of the molecule is Cc1cc(C2(C)CCCN2)c(S(C)(=O)=O)cc1C. The van der Waals surface area contributed by atoms with E-state index in [0.29, 0.717) is 4.90 Å². The molecule has 0 saturated carbocycles. The molecule has 1 atom stereocenters. The van der Waals surface area contributed by atoms with Crippen molar-refractivity contribution in [2.24, 2.45) is 0 Å². The van der Waals surface area contributed by atoms with E-state index in [1.165, 1.54) is 6.26 Å². The summed E-state index contributed by atoms with van der Waals surface area (Å²) in [6.45, 7) is 7.03. The van der Waals surface area contributed by atoms with E-state index in [4.69, 9.17) is 0 Å². The third kappa shape index (κ3) is 2.31. The summed E-state index contributed by atoms with van der Waals surface area (Å²) in [5.74, 6) is 0. The lowest BCUT2D eigenvalue weighted by molar-refractivity contribution is 0.425. The van der Waals surface area contributed by atoms with E-state index in [-0.39, 0.29) is 5.54 Å². The van der Waals surface area contributed by atoms with Crippen molar-refractivity contribution in [3.05, 3.63) is 28.8 Å². The highest BCUT2D eigenvalue weighted by atomic mass is 32.2. The zero-order valence-electron chi connectivity index (χ0n) is 11.5. The minimum atomic E-state index is -3.19. The summed E-state index contributed by atoms with van der Waals surface area (Å²) in [7, 11) is -3.19. The third-order valence-corrected chi connectivity index (χ3v) is 5.10. The zero-order chi connectivity index (χ0) is 13.6. The molecule has 2 rings (SSSR count). The molecule has 0 amide bonds. The van der Waals surface area contributed by atoms with Gasteiger partial charge < -0.3 is 5.32 Å². The predicted molar refractivity (Wildman–Crippen MR) is 73.6 cm³/mol. The second-order valence-corrected chi connectivity index (χ2v) is 7.55. The molecule has 0 spiro atoms. The highest BCUT2D eigenvalue weighted by Gasteiger charge is 2.34. The van der Waals surface area contributed by atoms with Crippen LogP contribution in [0.5, 0.6) is 0 Å². The Bertz CT molecular complexity index is 570. The van der Waals surface area contributed by atoms with Crippen LogP contribution < -0.4 is 5.32 Å². The van der Waals surface area contributed by atoms with Crippen LogP contribution in [0.25, 0.3) is 0 Å². The Morgan fingerprint density at radius 3 is 2.33 bits per heavy atom. The zero-order valence-corrected chi connectivity index (χ0v) is 12.3. The molecule has 1 aromatic carbocycles. The minimum absolute atomic E-state index is 0.211. The Morgan fingerprint density at radius 2 is 1.83 bits per heavy atom. The Labute approximate surface area is 110 Å². The molecule has 1 N–H and O–H groups in total. The maximum absolute atomic E-state index is 12.0. The first-order chi connectivity index (χ1) is 8.24. The first kappa shape index (κ1) is 13.6. The van der Waals surface area contributed by atoms with Gasteiger partial charge in [-0.2, -0.15) is 0 Å². The highest BCUT2D eigenvalue weighted by molar-refractivity contribution is 7.90. The van der Waals surface area contributed by atoms with E-state index in [1.807, 2.05) is 26.0 Å². The summed E-state index contributed by atoms with van der Waals surface area (Å²) in [5.41, 5.74) is 2.88. The van der Waals surface area contributed by atoms with Gasteiger partial charge in [0.15, 0.2) is 9.84 Å². The number of aryl methyl sites for hydroxylation is 2. The highest BCUT2D eigenvalue weighted by Crippen LogP contribution is 2.35. The van der Waals surface area contributed by atoms with E-state index in [2.05, 4.69) is 12.2 Å². The van der Waals surface area contributed by atoms with Gasteiger partial charge in [0.2, 0.25) is 0 Å². The van der Waals surface area contributed by atoms with Crippen LogP contribution in [-0.4, -0.2) is 21.2 Å². The van der Waals surface area contributed by atoms with Crippen molar-refractivity contribution >= 4 is 9.84 Å². The first-order valence-corrected chi connectivity index (χ1v) is 8.20. The molecule has 1 heterocycles. The van der Waals surface area contributed by atoms with E-state index < -0.39 is 9.84 Å². The lowest BCUT2D eigenvalue weighted by atomic mass is 9.88. The molecule has 100 valence electrons. The smallest absolute Gasteiger partial charge is 0.175 e. The number of benzene rings is 1. The standard InChI is InChI=1S/C14H21NO2S/c1-10-8-12(14(3)6-5-7-15-14)13(9-11(10)2)18(4,16)17/h8-9,15H,5-7H2,1-4H3. The fourth-order valence-corrected chi connectivity index (χ4v) is 3.73. The van der Waals surface area contributed by atoms with Gasteiger partial charge in [-0.1, -0.05) is 6.07 Å². The summed E-state index contributed by atoms with van der Waals surface area (Å²) >= 11 is 0. The molecule has 18 heavy (non-hydrogen) atoms. The van der Waals surface area contributed by atoms with Crippen LogP contribution in [0.4, 0.5) is 0 Å². The maximum atomic E-state index is 12.0. The number of rotatable bonds is 2. The second kappa shape index (κ2) is 4.35. The lowest BCUT2D eigenvalue weighted by Crippen LogP contribution is -2.34. The Balaban J connectivity index is 2.69. The second-order valence-electron chi connectivity index (χ2n) is 5.57. The summed E-state index contributed by atoms with van der Waals surface area (Å²) in [6.07, 6.45) is 3.36. The van der Waals surface area contributed by atoms with Crippen LogP contribution in [0.3, 0.4) is 0 Å². The van der Waals surface area contributed by atoms with Crippen molar-refractivity contribution in [1.29, 1.82) is 0 Å². The van der Waals surface area contributed by atoms with Gasteiger partial charge in [-0.25, -0.2) is 8.42 Å². The topological polar surface area (TPSA) is 46.2 Å². The molecule has 1 aliphatic heterocycles. The van der Waals surface area contributed by atoms with Crippen LogP contribution in [0.2, 0.25) is 0 Å². The van der Waals surface area contributed by atoms with E-state index in [1.54, 1.807) is 0 Å². The average Bonchev–Trinajstić information content (AvgIpc) is 2.68. The average molecular weight is 267 g/mol. The third-order valence-electron chi connectivity index (χ3n) is 3.96. The van der Waals surface area contributed by atoms with Crippen LogP contribution in [0.1, 0.15) is 36.5 Å². The van der Waals surface area contributed by atoms with Crippen LogP contribution in [-0.2, 0) is 15.4 Å². The molecule has 0 aliphatic carbocycles. The Hall–Kier alpha value is -0.870. The van der Waals surface area contributed by atoms with Crippen molar-refractivity contribution in [3.63, 3.8) is 0 Å². The molecule has 0 bridgehead atoms. The van der Waals surface area contributed by atoms with Gasteiger partial charge in [0, 0.05) is 11.8 Å². The fraction of sp³-hybridized carbons (Fsp3) is 0.571. The van der Waals surface area contributed by atoms with Gasteiger partial charge in [-0.05, 0) is 62.9 Å². The predicted octanol–water partition coefficient (Wildman–Crippen LogP) is 2.31. The van der Waals surface area contributed by atoms with Crippen molar-refractivity contribution in [3.8, 4) is 0 Å². The fourth-order valence-electron chi connectivity index (χ4n) is 2.65. The molecule has 0 radical (unpaired) electrons. The minimum Gasteiger partial charge on any atom is -0.308 e. The van der Waals surface area contributed by atoms with Gasteiger partial charge >= 0.3 is 0 Å². The Kier molecular flexibility index (Phi) is 3.28. The normalized spacial score (nSPS) is 24.4. The molecule has 3 nitrogen and oxygen atoms in total. The van der Waals surface area contributed by atoms with Crippen LogP contribution >= 0.6 is 0 Å². The van der Waals surface area contributed by atoms with Crippen LogP contribution in [0.15, 0.2) is 17.0 Å². The van der Waals surface area contributed by atoms with Crippen LogP contribution in [0, 0.1) is 13.8 Å².